The third-order valence-corrected chi connectivity index (χ3v) is 8.50. The molecule has 0 aromatic heterocycles. The van der Waals surface area contributed by atoms with Crippen LogP contribution in [0.25, 0.3) is 6.08 Å². The molecule has 3 aromatic carbocycles. The Morgan fingerprint density at radius 2 is 1.36 bits per heavy atom. The van der Waals surface area contributed by atoms with Crippen LogP contribution < -0.4 is 8.92 Å². The van der Waals surface area contributed by atoms with Crippen molar-refractivity contribution in [2.24, 2.45) is 0 Å². The zero-order chi connectivity index (χ0) is 17.3. The monoisotopic (exact) mass is 522 g/mol. The van der Waals surface area contributed by atoms with E-state index in [4.69, 9.17) is 0 Å². The van der Waals surface area contributed by atoms with Gasteiger partial charge in [-0.1, -0.05) is 0 Å². The molecular weight excluding hydrogens is 502 g/mol. The van der Waals surface area contributed by atoms with Crippen LogP contribution in [0.3, 0.4) is 0 Å². The quantitative estimate of drug-likeness (QED) is 0.397. The first-order valence-corrected chi connectivity index (χ1v) is 12.7. The van der Waals surface area contributed by atoms with E-state index in [9.17, 15) is 0 Å². The van der Waals surface area contributed by atoms with Crippen LogP contribution in [0, 0.1) is 0 Å². The first kappa shape index (κ1) is 18.7. The summed E-state index contributed by atoms with van der Waals surface area (Å²) in [4.78, 5) is 0. The van der Waals surface area contributed by atoms with Gasteiger partial charge in [-0.3, -0.25) is 0 Å². The van der Waals surface area contributed by atoms with Crippen LogP contribution in [-0.4, -0.2) is 29.9 Å². The van der Waals surface area contributed by atoms with Crippen LogP contribution in [0.1, 0.15) is 12.0 Å². The third-order valence-electron chi connectivity index (χ3n) is 3.55. The summed E-state index contributed by atoms with van der Waals surface area (Å²) in [5.41, 5.74) is 1.29. The van der Waals surface area contributed by atoms with Gasteiger partial charge < -0.3 is 0 Å². The summed E-state index contributed by atoms with van der Waals surface area (Å²) in [5.74, 6) is 0. The zero-order valence-electron chi connectivity index (χ0n) is 13.8. The molecule has 0 saturated heterocycles. The molecule has 0 nitrogen and oxygen atoms in total. The minimum atomic E-state index is 0.390. The minimum absolute atomic E-state index is 0.390. The van der Waals surface area contributed by atoms with Gasteiger partial charge in [0, 0.05) is 0 Å². The van der Waals surface area contributed by atoms with Crippen molar-refractivity contribution in [1.82, 2.24) is 0 Å². The molecule has 126 valence electrons. The Hall–Kier alpha value is -1.08. The molecule has 0 unspecified atom stereocenters. The zero-order valence-corrected chi connectivity index (χ0v) is 18.8. The molecule has 0 N–H and O–H groups in total. The molecule has 0 aliphatic carbocycles. The van der Waals surface area contributed by atoms with Gasteiger partial charge in [0.1, 0.15) is 0 Å². The normalized spacial score (nSPS) is 11.5. The van der Waals surface area contributed by atoms with Gasteiger partial charge in [-0.25, -0.2) is 0 Å². The maximum atomic E-state index is 3.52. The summed E-state index contributed by atoms with van der Waals surface area (Å²) in [6, 6.07) is 30.4. The summed E-state index contributed by atoms with van der Waals surface area (Å²) in [7, 11) is 0. The van der Waals surface area contributed by atoms with Crippen LogP contribution in [0.2, 0.25) is 5.32 Å². The Kier molecular flexibility index (Phi) is 7.60. The van der Waals surface area contributed by atoms with E-state index < -0.39 is 0 Å². The van der Waals surface area contributed by atoms with E-state index in [1.54, 1.807) is 4.47 Å². The average Bonchev–Trinajstić information content (AvgIpc) is 2.65. The summed E-state index contributed by atoms with van der Waals surface area (Å²) in [6.07, 6.45) is 3.57. The van der Waals surface area contributed by atoms with E-state index >= 15 is 0 Å². The van der Waals surface area contributed by atoms with Crippen molar-refractivity contribution in [3.63, 3.8) is 0 Å². The summed E-state index contributed by atoms with van der Waals surface area (Å²) < 4.78 is 5.64. The molecule has 0 aliphatic heterocycles. The molecule has 0 bridgehead atoms. The molecule has 25 heavy (non-hydrogen) atoms. The van der Waals surface area contributed by atoms with Gasteiger partial charge in [-0.05, 0) is 0 Å². The average molecular weight is 521 g/mol. The molecule has 0 radical (unpaired) electrons. The van der Waals surface area contributed by atoms with Crippen molar-refractivity contribution < 1.29 is 0 Å². The molecular formula is C22H19BrSe2. The van der Waals surface area contributed by atoms with Crippen LogP contribution in [0.4, 0.5) is 0 Å². The van der Waals surface area contributed by atoms with Crippen LogP contribution in [-0.2, 0) is 0 Å². The van der Waals surface area contributed by atoms with E-state index in [0.29, 0.717) is 29.9 Å². The molecule has 3 heteroatoms. The fourth-order valence-corrected chi connectivity index (χ4v) is 7.23. The van der Waals surface area contributed by atoms with Crippen molar-refractivity contribution in [1.29, 1.82) is 0 Å². The Bertz CT molecular complexity index is 796. The first-order valence-electron chi connectivity index (χ1n) is 8.16. The van der Waals surface area contributed by atoms with Gasteiger partial charge in [0.05, 0.1) is 0 Å². The molecule has 0 atom stereocenters. The van der Waals surface area contributed by atoms with Gasteiger partial charge in [-0.15, -0.1) is 0 Å². The Labute approximate surface area is 171 Å². The second kappa shape index (κ2) is 10.2. The second-order valence-corrected chi connectivity index (χ2v) is 11.4. The molecule has 3 aromatic rings. The van der Waals surface area contributed by atoms with E-state index in [0.717, 1.165) is 4.47 Å². The number of hydrogen-bond acceptors (Lipinski definition) is 0. The molecule has 0 aliphatic rings. The first-order chi connectivity index (χ1) is 12.3. The standard InChI is InChI=1S/C22H19BrSe2/c23-19-13-11-18(12-14-19)17-22(25-21-9-5-2-6-10-21)15-16-24-20-7-3-1-4-8-20/h1-14,17H,15-16H2. The van der Waals surface area contributed by atoms with Crippen molar-refractivity contribution in [2.75, 3.05) is 0 Å². The molecule has 0 saturated carbocycles. The van der Waals surface area contributed by atoms with E-state index in [2.05, 4.69) is 107 Å². The third kappa shape index (κ3) is 6.62. The Morgan fingerprint density at radius 3 is 2.00 bits per heavy atom. The number of benzene rings is 3. The van der Waals surface area contributed by atoms with Gasteiger partial charge in [0.25, 0.3) is 0 Å². The van der Waals surface area contributed by atoms with E-state index in [1.807, 2.05) is 0 Å². The number of allylic oxidation sites excluding steroid dienone is 1. The Morgan fingerprint density at radius 1 is 0.760 bits per heavy atom. The van der Waals surface area contributed by atoms with Crippen LogP contribution >= 0.6 is 15.9 Å². The van der Waals surface area contributed by atoms with E-state index in [-0.39, 0.29) is 0 Å². The predicted octanol–water partition coefficient (Wildman–Crippen LogP) is 4.66. The van der Waals surface area contributed by atoms with Gasteiger partial charge >= 0.3 is 172 Å². The fraction of sp³-hybridized carbons (Fsp3) is 0.0909. The topological polar surface area (TPSA) is 0 Å². The second-order valence-electron chi connectivity index (χ2n) is 5.49. The Balaban J connectivity index is 1.70. The SMILES string of the molecule is Brc1ccc(C=C(CC[Se]c2ccccc2)[Se]c2ccccc2)cc1. The molecule has 0 spiro atoms. The summed E-state index contributed by atoms with van der Waals surface area (Å²) in [5, 5.41) is 1.26. The van der Waals surface area contributed by atoms with Crippen LogP contribution in [0.5, 0.6) is 0 Å². The van der Waals surface area contributed by atoms with Crippen molar-refractivity contribution in [2.45, 2.75) is 11.7 Å². The van der Waals surface area contributed by atoms with Gasteiger partial charge in [0.15, 0.2) is 0 Å². The van der Waals surface area contributed by atoms with Crippen molar-refractivity contribution >= 4 is 60.8 Å². The van der Waals surface area contributed by atoms with Gasteiger partial charge in [0.2, 0.25) is 0 Å². The summed E-state index contributed by atoms with van der Waals surface area (Å²) in [6.45, 7) is 0. The molecule has 0 amide bonds. The maximum absolute atomic E-state index is 3.52. The van der Waals surface area contributed by atoms with Crippen molar-refractivity contribution in [3.8, 4) is 0 Å². The summed E-state index contributed by atoms with van der Waals surface area (Å²) >= 11 is 4.46. The number of hydrogen-bond donors (Lipinski definition) is 0. The number of halogens is 1. The molecule has 0 fully saturated rings. The molecule has 0 heterocycles. The van der Waals surface area contributed by atoms with Crippen molar-refractivity contribution in [3.05, 3.63) is 99.4 Å². The number of rotatable bonds is 7. The predicted molar refractivity (Wildman–Crippen MR) is 115 cm³/mol. The van der Waals surface area contributed by atoms with Gasteiger partial charge in [-0.2, -0.15) is 0 Å². The van der Waals surface area contributed by atoms with E-state index in [1.165, 1.54) is 26.2 Å². The molecule has 3 rings (SSSR count). The fourth-order valence-electron chi connectivity index (χ4n) is 2.32. The van der Waals surface area contributed by atoms with Crippen LogP contribution in [0.15, 0.2) is 93.9 Å².